The Morgan fingerprint density at radius 1 is 1.04 bits per heavy atom. The van der Waals surface area contributed by atoms with Gasteiger partial charge in [-0.1, -0.05) is 32.1 Å². The van der Waals surface area contributed by atoms with Gasteiger partial charge in [-0.3, -0.25) is 0 Å². The Morgan fingerprint density at radius 2 is 1.77 bits per heavy atom. The number of nitrogens with zero attached hydrogens (tertiary/aromatic N) is 2. The maximum atomic E-state index is 5.54. The van der Waals surface area contributed by atoms with E-state index in [1.165, 1.54) is 49.8 Å². The SMILES string of the molecule is Cc1ccn2c(CCCCCCCCCN)c(-c3ccoc3)nc2c1.Cl. The number of unbranched alkanes of at least 4 members (excludes halogenated alkanes) is 6. The number of fused-ring (bicyclic) bond motifs is 1. The Kier molecular flexibility index (Phi) is 8.20. The van der Waals surface area contributed by atoms with E-state index in [9.17, 15) is 0 Å². The number of rotatable bonds is 10. The lowest BCUT2D eigenvalue weighted by atomic mass is 10.1. The first-order valence-corrected chi connectivity index (χ1v) is 9.50. The molecule has 0 unspecified atom stereocenters. The number of pyridine rings is 1. The molecule has 0 bridgehead atoms. The fourth-order valence-electron chi connectivity index (χ4n) is 3.39. The van der Waals surface area contributed by atoms with Gasteiger partial charge in [0.1, 0.15) is 5.65 Å². The van der Waals surface area contributed by atoms with Gasteiger partial charge in [-0.25, -0.2) is 4.98 Å². The number of halogens is 1. The summed E-state index contributed by atoms with van der Waals surface area (Å²) < 4.78 is 7.51. The molecule has 3 aromatic heterocycles. The third-order valence-electron chi connectivity index (χ3n) is 4.79. The van der Waals surface area contributed by atoms with Gasteiger partial charge in [-0.05, 0) is 56.5 Å². The summed E-state index contributed by atoms with van der Waals surface area (Å²) in [5.41, 5.74) is 11.2. The lowest BCUT2D eigenvalue weighted by Gasteiger charge is -2.05. The average Bonchev–Trinajstić information content (AvgIpc) is 3.24. The Labute approximate surface area is 162 Å². The fraction of sp³-hybridized carbons (Fsp3) is 0.476. The molecular weight excluding hydrogens is 346 g/mol. The van der Waals surface area contributed by atoms with Crippen molar-refractivity contribution in [1.82, 2.24) is 9.38 Å². The number of furan rings is 1. The van der Waals surface area contributed by atoms with Crippen molar-refractivity contribution in [3.8, 4) is 11.3 Å². The summed E-state index contributed by atoms with van der Waals surface area (Å²) in [6.45, 7) is 2.93. The van der Waals surface area contributed by atoms with Gasteiger partial charge in [0.05, 0.1) is 23.9 Å². The minimum absolute atomic E-state index is 0. The number of aryl methyl sites for hydroxylation is 2. The standard InChI is InChI=1S/C21H29N3O.ClH/c1-17-10-13-24-19(9-7-5-3-2-4-6-8-12-22)21(23-20(24)15-17)18-11-14-25-16-18;/h10-11,13-16H,2-9,12,22H2,1H3;1H. The molecule has 0 fully saturated rings. The number of nitrogens with two attached hydrogens (primary N) is 1. The highest BCUT2D eigenvalue weighted by atomic mass is 35.5. The molecule has 142 valence electrons. The van der Waals surface area contributed by atoms with E-state index in [1.807, 2.05) is 6.07 Å². The van der Waals surface area contributed by atoms with E-state index >= 15 is 0 Å². The third kappa shape index (κ3) is 5.12. The summed E-state index contributed by atoms with van der Waals surface area (Å²) in [5.74, 6) is 0. The quantitative estimate of drug-likeness (QED) is 0.472. The molecule has 0 aliphatic heterocycles. The second kappa shape index (κ2) is 10.4. The van der Waals surface area contributed by atoms with Crippen LogP contribution in [0.15, 0.2) is 41.3 Å². The van der Waals surface area contributed by atoms with Crippen molar-refractivity contribution in [3.63, 3.8) is 0 Å². The smallest absolute Gasteiger partial charge is 0.137 e. The first kappa shape index (κ1) is 20.5. The molecule has 0 amide bonds. The summed E-state index contributed by atoms with van der Waals surface area (Å²) in [5, 5.41) is 0. The van der Waals surface area contributed by atoms with Gasteiger partial charge in [0.25, 0.3) is 0 Å². The molecule has 0 radical (unpaired) electrons. The van der Waals surface area contributed by atoms with Crippen LogP contribution in [-0.4, -0.2) is 15.9 Å². The molecule has 0 saturated heterocycles. The van der Waals surface area contributed by atoms with E-state index in [1.54, 1.807) is 12.5 Å². The van der Waals surface area contributed by atoms with Crippen molar-refractivity contribution in [2.45, 2.75) is 58.3 Å². The molecule has 2 N–H and O–H groups in total. The lowest BCUT2D eigenvalue weighted by molar-refractivity contribution is 0.568. The summed E-state index contributed by atoms with van der Waals surface area (Å²) >= 11 is 0. The fourth-order valence-corrected chi connectivity index (χ4v) is 3.39. The summed E-state index contributed by atoms with van der Waals surface area (Å²) in [4.78, 5) is 4.86. The van der Waals surface area contributed by atoms with Gasteiger partial charge in [0, 0.05) is 11.8 Å². The topological polar surface area (TPSA) is 56.5 Å². The van der Waals surface area contributed by atoms with Crippen LogP contribution in [0.25, 0.3) is 16.9 Å². The number of hydrogen-bond acceptors (Lipinski definition) is 3. The van der Waals surface area contributed by atoms with Crippen LogP contribution in [0, 0.1) is 6.92 Å². The zero-order valence-corrected chi connectivity index (χ0v) is 16.4. The zero-order valence-electron chi connectivity index (χ0n) is 15.6. The Bertz CT molecular complexity index is 780. The van der Waals surface area contributed by atoms with Gasteiger partial charge in [-0.15, -0.1) is 12.4 Å². The van der Waals surface area contributed by atoms with Gasteiger partial charge in [-0.2, -0.15) is 0 Å². The van der Waals surface area contributed by atoms with E-state index in [0.29, 0.717) is 0 Å². The van der Waals surface area contributed by atoms with E-state index in [2.05, 4.69) is 29.7 Å². The molecule has 0 aromatic carbocycles. The summed E-state index contributed by atoms with van der Waals surface area (Å²) in [6.07, 6.45) is 15.5. The molecular formula is C21H30ClN3O. The normalized spacial score (nSPS) is 11.0. The molecule has 3 rings (SSSR count). The minimum atomic E-state index is 0. The molecule has 26 heavy (non-hydrogen) atoms. The van der Waals surface area contributed by atoms with Crippen LogP contribution in [0.1, 0.15) is 56.2 Å². The summed E-state index contributed by atoms with van der Waals surface area (Å²) in [7, 11) is 0. The van der Waals surface area contributed by atoms with Crippen LogP contribution < -0.4 is 5.73 Å². The van der Waals surface area contributed by atoms with Crippen molar-refractivity contribution in [1.29, 1.82) is 0 Å². The molecule has 3 aromatic rings. The molecule has 5 heteroatoms. The van der Waals surface area contributed by atoms with E-state index in [4.69, 9.17) is 15.1 Å². The van der Waals surface area contributed by atoms with Crippen LogP contribution in [0.3, 0.4) is 0 Å². The first-order chi connectivity index (χ1) is 12.3. The molecule has 0 aliphatic carbocycles. The molecule has 0 saturated carbocycles. The van der Waals surface area contributed by atoms with Gasteiger partial charge in [0.15, 0.2) is 0 Å². The Balaban J connectivity index is 0.00000243. The highest BCUT2D eigenvalue weighted by Crippen LogP contribution is 2.27. The molecule has 0 atom stereocenters. The van der Waals surface area contributed by atoms with Crippen molar-refractivity contribution in [3.05, 3.63) is 48.2 Å². The number of imidazole rings is 1. The second-order valence-corrected chi connectivity index (χ2v) is 6.86. The highest BCUT2D eigenvalue weighted by Gasteiger charge is 2.14. The van der Waals surface area contributed by atoms with Crippen molar-refractivity contribution >= 4 is 18.1 Å². The van der Waals surface area contributed by atoms with Crippen molar-refractivity contribution < 1.29 is 4.42 Å². The van der Waals surface area contributed by atoms with Gasteiger partial charge < -0.3 is 14.6 Å². The van der Waals surface area contributed by atoms with E-state index < -0.39 is 0 Å². The second-order valence-electron chi connectivity index (χ2n) is 6.86. The van der Waals surface area contributed by atoms with Gasteiger partial charge >= 0.3 is 0 Å². The Hall–Kier alpha value is -1.78. The Morgan fingerprint density at radius 3 is 2.46 bits per heavy atom. The van der Waals surface area contributed by atoms with Crippen LogP contribution in [0.2, 0.25) is 0 Å². The average molecular weight is 376 g/mol. The number of aromatic nitrogens is 2. The number of hydrogen-bond donors (Lipinski definition) is 1. The van der Waals surface area contributed by atoms with Crippen LogP contribution in [-0.2, 0) is 6.42 Å². The molecule has 0 spiro atoms. The third-order valence-corrected chi connectivity index (χ3v) is 4.79. The summed E-state index contributed by atoms with van der Waals surface area (Å²) in [6, 6.07) is 6.29. The van der Waals surface area contributed by atoms with Crippen LogP contribution in [0.4, 0.5) is 0 Å². The predicted molar refractivity (Wildman–Crippen MR) is 110 cm³/mol. The van der Waals surface area contributed by atoms with Crippen LogP contribution >= 0.6 is 12.4 Å². The van der Waals surface area contributed by atoms with Crippen molar-refractivity contribution in [2.75, 3.05) is 6.54 Å². The van der Waals surface area contributed by atoms with Gasteiger partial charge in [0.2, 0.25) is 0 Å². The largest absolute Gasteiger partial charge is 0.472 e. The van der Waals surface area contributed by atoms with E-state index in [0.717, 1.165) is 36.3 Å². The maximum Gasteiger partial charge on any atom is 0.137 e. The zero-order chi connectivity index (χ0) is 17.5. The monoisotopic (exact) mass is 375 g/mol. The molecule has 3 heterocycles. The lowest BCUT2D eigenvalue weighted by Crippen LogP contribution is -1.97. The van der Waals surface area contributed by atoms with E-state index in [-0.39, 0.29) is 12.4 Å². The first-order valence-electron chi connectivity index (χ1n) is 9.50. The van der Waals surface area contributed by atoms with Crippen LogP contribution in [0.5, 0.6) is 0 Å². The maximum absolute atomic E-state index is 5.54. The van der Waals surface area contributed by atoms with Crippen molar-refractivity contribution in [2.24, 2.45) is 5.73 Å². The molecule has 0 aliphatic rings. The highest BCUT2D eigenvalue weighted by molar-refractivity contribution is 5.85. The minimum Gasteiger partial charge on any atom is -0.472 e. The molecule has 4 nitrogen and oxygen atoms in total. The predicted octanol–water partition coefficient (Wildman–Crippen LogP) is 5.56.